The number of ether oxygens (including phenoxy) is 1. The van der Waals surface area contributed by atoms with Crippen molar-refractivity contribution in [2.24, 2.45) is 0 Å². The van der Waals surface area contributed by atoms with Crippen molar-refractivity contribution < 1.29 is 19.4 Å². The highest BCUT2D eigenvalue weighted by Crippen LogP contribution is 2.23. The number of aromatic carboxylic acids is 1. The standard InChI is InChI=1S/C14H19NO4/c1-8-6-9(2)11(10(7-8)12(16)17)15-13(18)19-14(3,4)5/h6-7H,1-5H3,(H,15,18)(H,16,17). The SMILES string of the molecule is Cc1cc(C)c(NC(=O)OC(C)(C)C)c(C(=O)O)c1. The Morgan fingerprint density at radius 1 is 1.21 bits per heavy atom. The number of carbonyl (C=O) groups is 2. The van der Waals surface area contributed by atoms with E-state index >= 15 is 0 Å². The van der Waals surface area contributed by atoms with Crippen LogP contribution in [-0.4, -0.2) is 22.8 Å². The van der Waals surface area contributed by atoms with Crippen molar-refractivity contribution in [1.82, 2.24) is 0 Å². The number of anilines is 1. The molecule has 0 heterocycles. The zero-order chi connectivity index (χ0) is 14.8. The molecule has 0 aliphatic carbocycles. The van der Waals surface area contributed by atoms with Crippen molar-refractivity contribution in [3.05, 3.63) is 28.8 Å². The highest BCUT2D eigenvalue weighted by Gasteiger charge is 2.20. The molecular formula is C14H19NO4. The van der Waals surface area contributed by atoms with E-state index in [-0.39, 0.29) is 11.3 Å². The maximum Gasteiger partial charge on any atom is 0.412 e. The fourth-order valence-corrected chi connectivity index (χ4v) is 1.71. The maximum atomic E-state index is 11.7. The predicted octanol–water partition coefficient (Wildman–Crippen LogP) is 3.35. The van der Waals surface area contributed by atoms with Gasteiger partial charge in [0.2, 0.25) is 0 Å². The van der Waals surface area contributed by atoms with Crippen LogP contribution in [0.5, 0.6) is 0 Å². The molecule has 0 unspecified atom stereocenters. The zero-order valence-corrected chi connectivity index (χ0v) is 11.8. The topological polar surface area (TPSA) is 75.6 Å². The number of nitrogens with one attached hydrogen (secondary N) is 1. The molecule has 0 aliphatic heterocycles. The lowest BCUT2D eigenvalue weighted by atomic mass is 10.0. The number of carboxylic acid groups (broad SMARTS) is 1. The number of carbonyl (C=O) groups excluding carboxylic acids is 1. The van der Waals surface area contributed by atoms with Gasteiger partial charge in [-0.05, 0) is 51.8 Å². The molecule has 2 N–H and O–H groups in total. The summed E-state index contributed by atoms with van der Waals surface area (Å²) in [5.41, 5.74) is 1.20. The number of hydrogen-bond donors (Lipinski definition) is 2. The Hall–Kier alpha value is -2.04. The average Bonchev–Trinajstić information content (AvgIpc) is 2.18. The van der Waals surface area contributed by atoms with Gasteiger partial charge in [-0.1, -0.05) is 6.07 Å². The van der Waals surface area contributed by atoms with Crippen LogP contribution in [0.4, 0.5) is 10.5 Å². The Morgan fingerprint density at radius 2 is 1.79 bits per heavy atom. The van der Waals surface area contributed by atoms with Gasteiger partial charge in [0.1, 0.15) is 5.60 Å². The molecule has 19 heavy (non-hydrogen) atoms. The summed E-state index contributed by atoms with van der Waals surface area (Å²) in [6.45, 7) is 8.77. The van der Waals surface area contributed by atoms with Gasteiger partial charge in [-0.3, -0.25) is 5.32 Å². The molecule has 1 rings (SSSR count). The summed E-state index contributed by atoms with van der Waals surface area (Å²) in [5.74, 6) is -1.09. The van der Waals surface area contributed by atoms with Crippen LogP contribution in [-0.2, 0) is 4.74 Å². The summed E-state index contributed by atoms with van der Waals surface area (Å²) in [6, 6.07) is 3.32. The molecule has 104 valence electrons. The van der Waals surface area contributed by atoms with Gasteiger partial charge in [0.15, 0.2) is 0 Å². The van der Waals surface area contributed by atoms with E-state index in [1.54, 1.807) is 40.7 Å². The quantitative estimate of drug-likeness (QED) is 0.859. The number of hydrogen-bond acceptors (Lipinski definition) is 3. The molecule has 0 atom stereocenters. The minimum Gasteiger partial charge on any atom is -0.478 e. The molecule has 0 bridgehead atoms. The van der Waals surface area contributed by atoms with Crippen LogP contribution in [0.3, 0.4) is 0 Å². The Labute approximate surface area is 112 Å². The van der Waals surface area contributed by atoms with E-state index in [0.29, 0.717) is 5.56 Å². The first-order chi connectivity index (χ1) is 8.60. The Kier molecular flexibility index (Phi) is 4.19. The van der Waals surface area contributed by atoms with Crippen molar-refractivity contribution >= 4 is 17.7 Å². The number of rotatable bonds is 2. The number of benzene rings is 1. The minimum atomic E-state index is -1.09. The van der Waals surface area contributed by atoms with Gasteiger partial charge in [-0.2, -0.15) is 0 Å². The predicted molar refractivity (Wildman–Crippen MR) is 72.7 cm³/mol. The van der Waals surface area contributed by atoms with Gasteiger partial charge in [0.25, 0.3) is 0 Å². The first-order valence-corrected chi connectivity index (χ1v) is 5.94. The summed E-state index contributed by atoms with van der Waals surface area (Å²) < 4.78 is 5.12. The fraction of sp³-hybridized carbons (Fsp3) is 0.429. The van der Waals surface area contributed by atoms with Crippen LogP contribution in [0.2, 0.25) is 0 Å². The van der Waals surface area contributed by atoms with Crippen LogP contribution in [0.25, 0.3) is 0 Å². The molecule has 1 amide bonds. The third-order valence-electron chi connectivity index (χ3n) is 2.34. The van der Waals surface area contributed by atoms with Crippen LogP contribution in [0.1, 0.15) is 42.3 Å². The molecule has 0 fully saturated rings. The van der Waals surface area contributed by atoms with Crippen molar-refractivity contribution in [3.8, 4) is 0 Å². The van der Waals surface area contributed by atoms with Gasteiger partial charge in [0.05, 0.1) is 11.3 Å². The molecule has 0 saturated carbocycles. The maximum absolute atomic E-state index is 11.7. The largest absolute Gasteiger partial charge is 0.478 e. The molecule has 1 aromatic rings. The summed E-state index contributed by atoms with van der Waals surface area (Å²) in [7, 11) is 0. The van der Waals surface area contributed by atoms with Crippen LogP contribution < -0.4 is 5.32 Å². The van der Waals surface area contributed by atoms with E-state index < -0.39 is 17.7 Å². The second kappa shape index (κ2) is 5.30. The van der Waals surface area contributed by atoms with Gasteiger partial charge in [-0.25, -0.2) is 9.59 Å². The highest BCUT2D eigenvalue weighted by atomic mass is 16.6. The molecule has 0 aliphatic rings. The Morgan fingerprint density at radius 3 is 2.26 bits per heavy atom. The van der Waals surface area contributed by atoms with Gasteiger partial charge < -0.3 is 9.84 Å². The summed E-state index contributed by atoms with van der Waals surface area (Å²) in [5, 5.41) is 11.7. The molecule has 5 nitrogen and oxygen atoms in total. The molecular weight excluding hydrogens is 246 g/mol. The lowest BCUT2D eigenvalue weighted by Crippen LogP contribution is -2.28. The van der Waals surface area contributed by atoms with Crippen molar-refractivity contribution in [2.75, 3.05) is 5.32 Å². The number of aryl methyl sites for hydroxylation is 2. The molecule has 1 aromatic carbocycles. The van der Waals surface area contributed by atoms with Crippen LogP contribution >= 0.6 is 0 Å². The Balaban J connectivity index is 3.07. The van der Waals surface area contributed by atoms with E-state index in [9.17, 15) is 9.59 Å². The molecule has 0 radical (unpaired) electrons. The monoisotopic (exact) mass is 265 g/mol. The number of amides is 1. The second-order valence-electron chi connectivity index (χ2n) is 5.44. The van der Waals surface area contributed by atoms with E-state index in [0.717, 1.165) is 5.56 Å². The third-order valence-corrected chi connectivity index (χ3v) is 2.34. The first-order valence-electron chi connectivity index (χ1n) is 5.94. The van der Waals surface area contributed by atoms with Gasteiger partial charge in [0, 0.05) is 0 Å². The third kappa shape index (κ3) is 4.28. The van der Waals surface area contributed by atoms with Crippen molar-refractivity contribution in [2.45, 2.75) is 40.2 Å². The zero-order valence-electron chi connectivity index (χ0n) is 11.8. The van der Waals surface area contributed by atoms with Crippen LogP contribution in [0.15, 0.2) is 12.1 Å². The van der Waals surface area contributed by atoms with Crippen molar-refractivity contribution in [1.29, 1.82) is 0 Å². The lowest BCUT2D eigenvalue weighted by Gasteiger charge is -2.21. The first kappa shape index (κ1) is 15.0. The molecule has 0 aromatic heterocycles. The fourth-order valence-electron chi connectivity index (χ4n) is 1.71. The molecule has 5 heteroatoms. The molecule has 0 saturated heterocycles. The summed E-state index contributed by atoms with van der Waals surface area (Å²) in [4.78, 5) is 22.9. The summed E-state index contributed by atoms with van der Waals surface area (Å²) in [6.07, 6.45) is -0.665. The Bertz CT molecular complexity index is 515. The lowest BCUT2D eigenvalue weighted by molar-refractivity contribution is 0.0636. The van der Waals surface area contributed by atoms with E-state index in [4.69, 9.17) is 9.84 Å². The van der Waals surface area contributed by atoms with E-state index in [1.807, 2.05) is 0 Å². The van der Waals surface area contributed by atoms with Gasteiger partial charge >= 0.3 is 12.1 Å². The normalized spacial score (nSPS) is 11.0. The molecule has 0 spiro atoms. The highest BCUT2D eigenvalue weighted by molar-refractivity contribution is 6.00. The van der Waals surface area contributed by atoms with E-state index in [2.05, 4.69) is 5.32 Å². The summed E-state index contributed by atoms with van der Waals surface area (Å²) >= 11 is 0. The van der Waals surface area contributed by atoms with Gasteiger partial charge in [-0.15, -0.1) is 0 Å². The van der Waals surface area contributed by atoms with Crippen molar-refractivity contribution in [3.63, 3.8) is 0 Å². The number of carboxylic acids is 1. The van der Waals surface area contributed by atoms with Crippen LogP contribution in [0, 0.1) is 13.8 Å². The minimum absolute atomic E-state index is 0.0587. The average molecular weight is 265 g/mol. The van der Waals surface area contributed by atoms with E-state index in [1.165, 1.54) is 6.07 Å². The second-order valence-corrected chi connectivity index (χ2v) is 5.44. The smallest absolute Gasteiger partial charge is 0.412 e.